The van der Waals surface area contributed by atoms with Crippen LogP contribution in [0, 0.1) is 0 Å². The Morgan fingerprint density at radius 3 is 2.42 bits per heavy atom. The molecule has 2 aliphatic rings. The van der Waals surface area contributed by atoms with Crippen LogP contribution in [-0.4, -0.2) is 48.6 Å². The van der Waals surface area contributed by atoms with Crippen LogP contribution in [0.25, 0.3) is 0 Å². The van der Waals surface area contributed by atoms with Gasteiger partial charge in [-0.2, -0.15) is 0 Å². The zero-order chi connectivity index (χ0) is 25.7. The van der Waals surface area contributed by atoms with Gasteiger partial charge in [-0.25, -0.2) is 0 Å². The number of methoxy groups -OCH3 is 1. The molecule has 7 nitrogen and oxygen atoms in total. The van der Waals surface area contributed by atoms with Gasteiger partial charge in [-0.05, 0) is 48.4 Å². The Morgan fingerprint density at radius 2 is 1.83 bits per heavy atom. The third-order valence-electron chi connectivity index (χ3n) is 7.43. The highest BCUT2D eigenvalue weighted by molar-refractivity contribution is 6.04. The number of ether oxygens (including phenoxy) is 1. The van der Waals surface area contributed by atoms with Crippen molar-refractivity contribution in [2.75, 3.05) is 18.6 Å². The fourth-order valence-corrected chi connectivity index (χ4v) is 5.25. The number of carbonyl (C=O) groups excluding carboxylic acids is 2. The lowest BCUT2D eigenvalue weighted by Crippen LogP contribution is -2.51. The zero-order valence-corrected chi connectivity index (χ0v) is 22.0. The van der Waals surface area contributed by atoms with Gasteiger partial charge in [0.15, 0.2) is 0 Å². The second-order valence-electron chi connectivity index (χ2n) is 11.1. The third kappa shape index (κ3) is 6.13. The van der Waals surface area contributed by atoms with Crippen molar-refractivity contribution in [3.05, 3.63) is 59.9 Å². The van der Waals surface area contributed by atoms with Gasteiger partial charge in [-0.3, -0.25) is 19.5 Å². The number of rotatable bonds is 7. The molecule has 0 radical (unpaired) electrons. The van der Waals surface area contributed by atoms with Gasteiger partial charge in [-0.1, -0.05) is 58.2 Å². The Morgan fingerprint density at radius 1 is 1.11 bits per heavy atom. The van der Waals surface area contributed by atoms with E-state index in [2.05, 4.69) is 48.5 Å². The first kappa shape index (κ1) is 26.3. The molecule has 1 aliphatic carbocycles. The predicted molar refractivity (Wildman–Crippen MR) is 142 cm³/mol. The fourth-order valence-electron chi connectivity index (χ4n) is 5.25. The first-order valence-corrected chi connectivity index (χ1v) is 13.2. The van der Waals surface area contributed by atoms with E-state index >= 15 is 0 Å². The zero-order valence-electron chi connectivity index (χ0n) is 22.0. The fraction of sp³-hybridized carbons (Fsp3) is 0.552. The first-order chi connectivity index (χ1) is 17.3. The van der Waals surface area contributed by atoms with Gasteiger partial charge in [0, 0.05) is 43.3 Å². The normalized spacial score (nSPS) is 21.7. The second-order valence-corrected chi connectivity index (χ2v) is 11.1. The maximum absolute atomic E-state index is 14.1. The van der Waals surface area contributed by atoms with E-state index in [9.17, 15) is 9.59 Å². The molecule has 1 saturated carbocycles. The molecule has 2 aromatic rings. The molecule has 3 unspecified atom stereocenters. The number of nitrogens with zero attached hydrogens (tertiary/aromatic N) is 2. The molecule has 3 atom stereocenters. The molecule has 4 rings (SSSR count). The molecule has 0 spiro atoms. The van der Waals surface area contributed by atoms with Gasteiger partial charge >= 0.3 is 0 Å². The van der Waals surface area contributed by atoms with Gasteiger partial charge in [0.05, 0.1) is 12.1 Å². The first-order valence-electron chi connectivity index (χ1n) is 13.2. The summed E-state index contributed by atoms with van der Waals surface area (Å²) in [6.07, 6.45) is 9.29. The highest BCUT2D eigenvalue weighted by atomic mass is 16.5. The summed E-state index contributed by atoms with van der Waals surface area (Å²) in [5, 5.41) is 6.57. The van der Waals surface area contributed by atoms with E-state index < -0.39 is 12.1 Å². The Balaban J connectivity index is 1.73. The van der Waals surface area contributed by atoms with Crippen LogP contribution in [-0.2, 0) is 19.7 Å². The average Bonchev–Trinajstić information content (AvgIpc) is 3.37. The number of anilines is 1. The summed E-state index contributed by atoms with van der Waals surface area (Å²) < 4.78 is 5.50. The smallest absolute Gasteiger partial charge is 0.248 e. The predicted octanol–water partition coefficient (Wildman–Crippen LogP) is 4.28. The van der Waals surface area contributed by atoms with Crippen LogP contribution in [0.3, 0.4) is 0 Å². The SMILES string of the molecule is COC1CNC(C(=O)N(c2ccc(C(C)(C)C)cc2)C(C(=O)NC2CCCCC2)c2cccnc2)C1. The molecule has 36 heavy (non-hydrogen) atoms. The minimum absolute atomic E-state index is 0.0207. The van der Waals surface area contributed by atoms with E-state index in [1.807, 2.05) is 24.3 Å². The molecule has 1 aromatic heterocycles. The van der Waals surface area contributed by atoms with Gasteiger partial charge in [0.2, 0.25) is 11.8 Å². The molecule has 1 aliphatic heterocycles. The van der Waals surface area contributed by atoms with Crippen LogP contribution in [0.2, 0.25) is 0 Å². The van der Waals surface area contributed by atoms with E-state index in [-0.39, 0.29) is 29.4 Å². The Labute approximate surface area is 215 Å². The summed E-state index contributed by atoms with van der Waals surface area (Å²) >= 11 is 0. The van der Waals surface area contributed by atoms with Gasteiger partial charge < -0.3 is 15.4 Å². The molecular weight excluding hydrogens is 452 g/mol. The molecular formula is C29H40N4O3. The number of nitrogens with one attached hydrogen (secondary N) is 2. The van der Waals surface area contributed by atoms with Gasteiger partial charge in [0.25, 0.3) is 0 Å². The van der Waals surface area contributed by atoms with Crippen LogP contribution >= 0.6 is 0 Å². The monoisotopic (exact) mass is 492 g/mol. The van der Waals surface area contributed by atoms with E-state index in [1.165, 1.54) is 12.0 Å². The van der Waals surface area contributed by atoms with E-state index in [4.69, 9.17) is 4.74 Å². The molecule has 2 N–H and O–H groups in total. The number of pyridine rings is 1. The highest BCUT2D eigenvalue weighted by Gasteiger charge is 2.40. The minimum atomic E-state index is -0.822. The molecule has 2 fully saturated rings. The number of aromatic nitrogens is 1. The standard InChI is InChI=1S/C29H40N4O3/c1-29(2,3)21-12-14-23(15-13-21)33(28(35)25-17-24(36-4)19-31-25)26(20-9-8-16-30-18-20)27(34)32-22-10-6-5-7-11-22/h8-9,12-16,18,22,24-26,31H,5-7,10-11,17,19H2,1-4H3,(H,32,34). The van der Waals surface area contributed by atoms with Crippen molar-refractivity contribution in [3.8, 4) is 0 Å². The van der Waals surface area contributed by atoms with Gasteiger partial charge in [-0.15, -0.1) is 0 Å². The molecule has 2 amide bonds. The van der Waals surface area contributed by atoms with Crippen molar-refractivity contribution < 1.29 is 14.3 Å². The molecule has 2 heterocycles. The van der Waals surface area contributed by atoms with Crippen LogP contribution in [0.5, 0.6) is 0 Å². The molecule has 1 aromatic carbocycles. The van der Waals surface area contributed by atoms with E-state index in [0.29, 0.717) is 24.2 Å². The number of hydrogen-bond acceptors (Lipinski definition) is 5. The van der Waals surface area contributed by atoms with Crippen molar-refractivity contribution in [3.63, 3.8) is 0 Å². The number of benzene rings is 1. The number of hydrogen-bond donors (Lipinski definition) is 2. The van der Waals surface area contributed by atoms with E-state index in [1.54, 1.807) is 24.4 Å². The summed E-state index contributed by atoms with van der Waals surface area (Å²) in [6.45, 7) is 7.09. The molecule has 7 heteroatoms. The Hall–Kier alpha value is -2.77. The van der Waals surface area contributed by atoms with E-state index in [0.717, 1.165) is 25.7 Å². The van der Waals surface area contributed by atoms with Gasteiger partial charge in [0.1, 0.15) is 6.04 Å². The van der Waals surface area contributed by atoms with Crippen molar-refractivity contribution in [2.24, 2.45) is 0 Å². The lowest BCUT2D eigenvalue weighted by Gasteiger charge is -2.35. The quantitative estimate of drug-likeness (QED) is 0.603. The van der Waals surface area contributed by atoms with Crippen molar-refractivity contribution >= 4 is 17.5 Å². The topological polar surface area (TPSA) is 83.6 Å². The lowest BCUT2D eigenvalue weighted by atomic mass is 9.87. The summed E-state index contributed by atoms with van der Waals surface area (Å²) in [4.78, 5) is 34.0. The summed E-state index contributed by atoms with van der Waals surface area (Å²) in [5.74, 6) is -0.296. The molecule has 0 bridgehead atoms. The number of carbonyl (C=O) groups is 2. The Bertz CT molecular complexity index is 1010. The maximum Gasteiger partial charge on any atom is 0.248 e. The lowest BCUT2D eigenvalue weighted by molar-refractivity contribution is -0.128. The Kier molecular flexibility index (Phi) is 8.42. The summed E-state index contributed by atoms with van der Waals surface area (Å²) in [6, 6.07) is 10.6. The number of amides is 2. The van der Waals surface area contributed by atoms with Crippen LogP contribution in [0.4, 0.5) is 5.69 Å². The average molecular weight is 493 g/mol. The van der Waals surface area contributed by atoms with Crippen LogP contribution in [0.1, 0.15) is 76.5 Å². The molecule has 194 valence electrons. The molecule has 1 saturated heterocycles. The summed E-state index contributed by atoms with van der Waals surface area (Å²) in [5.41, 5.74) is 2.54. The second kappa shape index (κ2) is 11.5. The highest BCUT2D eigenvalue weighted by Crippen LogP contribution is 2.32. The van der Waals surface area contributed by atoms with Crippen LogP contribution < -0.4 is 15.5 Å². The minimum Gasteiger partial charge on any atom is -0.380 e. The summed E-state index contributed by atoms with van der Waals surface area (Å²) in [7, 11) is 1.66. The van der Waals surface area contributed by atoms with Crippen molar-refractivity contribution in [1.82, 2.24) is 15.6 Å². The van der Waals surface area contributed by atoms with Crippen molar-refractivity contribution in [2.45, 2.75) is 88.9 Å². The third-order valence-corrected chi connectivity index (χ3v) is 7.43. The van der Waals surface area contributed by atoms with Crippen LogP contribution in [0.15, 0.2) is 48.8 Å². The largest absolute Gasteiger partial charge is 0.380 e. The van der Waals surface area contributed by atoms with Crippen molar-refractivity contribution in [1.29, 1.82) is 0 Å². The maximum atomic E-state index is 14.1.